The van der Waals surface area contributed by atoms with Crippen molar-refractivity contribution in [1.29, 1.82) is 0 Å². The highest BCUT2D eigenvalue weighted by Crippen LogP contribution is 2.24. The van der Waals surface area contributed by atoms with Crippen LogP contribution in [0.5, 0.6) is 6.01 Å². The lowest BCUT2D eigenvalue weighted by atomic mass is 10.2. The molecule has 0 aliphatic rings. The number of rotatable bonds is 4. The normalized spacial score (nSPS) is 10.5. The van der Waals surface area contributed by atoms with Gasteiger partial charge in [0.1, 0.15) is 5.82 Å². The summed E-state index contributed by atoms with van der Waals surface area (Å²) in [5.41, 5.74) is 0.914. The summed E-state index contributed by atoms with van der Waals surface area (Å²) in [7, 11) is 3.94. The summed E-state index contributed by atoms with van der Waals surface area (Å²) < 4.78 is 5.51. The summed E-state index contributed by atoms with van der Waals surface area (Å²) in [5.74, 6) is 0.890. The Morgan fingerprint density at radius 2 is 1.94 bits per heavy atom. The molecule has 0 saturated heterocycles. The lowest BCUT2D eigenvalue weighted by Gasteiger charge is -2.15. The fraction of sp³-hybridized carbons (Fsp3) is 0.385. The van der Waals surface area contributed by atoms with E-state index in [-0.39, 0.29) is 0 Å². The van der Waals surface area contributed by atoms with Crippen LogP contribution in [0.1, 0.15) is 13.3 Å². The topological polar surface area (TPSA) is 38.2 Å². The zero-order valence-corrected chi connectivity index (χ0v) is 10.5. The molecule has 4 nitrogen and oxygen atoms in total. The second kappa shape index (κ2) is 4.99. The van der Waals surface area contributed by atoms with Gasteiger partial charge >= 0.3 is 6.01 Å². The highest BCUT2D eigenvalue weighted by atomic mass is 16.5. The number of fused-ring (bicyclic) bond motifs is 1. The summed E-state index contributed by atoms with van der Waals surface area (Å²) in [4.78, 5) is 10.8. The first kappa shape index (κ1) is 11.6. The Labute approximate surface area is 101 Å². The van der Waals surface area contributed by atoms with E-state index in [4.69, 9.17) is 4.74 Å². The number of para-hydroxylation sites is 1. The van der Waals surface area contributed by atoms with E-state index in [0.29, 0.717) is 12.6 Å². The minimum Gasteiger partial charge on any atom is -0.463 e. The first-order chi connectivity index (χ1) is 8.22. The maximum Gasteiger partial charge on any atom is 0.318 e. The van der Waals surface area contributed by atoms with E-state index in [2.05, 4.69) is 16.9 Å². The molecule has 0 amide bonds. The van der Waals surface area contributed by atoms with Crippen LogP contribution in [0.2, 0.25) is 0 Å². The number of nitrogens with zero attached hydrogens (tertiary/aromatic N) is 3. The minimum atomic E-state index is 0.453. The Morgan fingerprint density at radius 3 is 2.65 bits per heavy atom. The Kier molecular flexibility index (Phi) is 3.42. The monoisotopic (exact) mass is 231 g/mol. The third kappa shape index (κ3) is 2.46. The number of anilines is 1. The Morgan fingerprint density at radius 1 is 1.18 bits per heavy atom. The van der Waals surface area contributed by atoms with Crippen molar-refractivity contribution in [3.8, 4) is 6.01 Å². The zero-order chi connectivity index (χ0) is 12.3. The van der Waals surface area contributed by atoms with Crippen molar-refractivity contribution in [2.24, 2.45) is 0 Å². The zero-order valence-electron chi connectivity index (χ0n) is 10.5. The van der Waals surface area contributed by atoms with Crippen LogP contribution in [-0.4, -0.2) is 30.7 Å². The van der Waals surface area contributed by atoms with Gasteiger partial charge in [-0.15, -0.1) is 0 Å². The van der Waals surface area contributed by atoms with Gasteiger partial charge in [0.25, 0.3) is 0 Å². The molecule has 0 unspecified atom stereocenters. The molecular weight excluding hydrogens is 214 g/mol. The average Bonchev–Trinajstić information content (AvgIpc) is 2.35. The van der Waals surface area contributed by atoms with Crippen LogP contribution in [-0.2, 0) is 0 Å². The number of ether oxygens (including phenoxy) is 1. The number of benzene rings is 1. The lowest BCUT2D eigenvalue weighted by molar-refractivity contribution is 0.294. The molecule has 17 heavy (non-hydrogen) atoms. The van der Waals surface area contributed by atoms with Gasteiger partial charge in [-0.25, -0.2) is 0 Å². The van der Waals surface area contributed by atoms with Crippen LogP contribution in [0, 0.1) is 0 Å². The summed E-state index contributed by atoms with van der Waals surface area (Å²) in [5, 5.41) is 1.04. The molecule has 4 heteroatoms. The highest BCUT2D eigenvalue weighted by molar-refractivity contribution is 5.89. The van der Waals surface area contributed by atoms with E-state index < -0.39 is 0 Å². The van der Waals surface area contributed by atoms with Crippen LogP contribution < -0.4 is 9.64 Å². The first-order valence-electron chi connectivity index (χ1n) is 5.79. The lowest BCUT2D eigenvalue weighted by Crippen LogP contribution is -2.13. The van der Waals surface area contributed by atoms with Gasteiger partial charge in [-0.2, -0.15) is 9.97 Å². The van der Waals surface area contributed by atoms with Crippen molar-refractivity contribution in [3.05, 3.63) is 24.3 Å². The molecule has 0 aliphatic heterocycles. The Balaban J connectivity index is 2.51. The molecule has 0 bridgehead atoms. The maximum absolute atomic E-state index is 5.51. The molecule has 0 radical (unpaired) electrons. The van der Waals surface area contributed by atoms with E-state index in [1.165, 1.54) is 0 Å². The predicted molar refractivity (Wildman–Crippen MR) is 69.7 cm³/mol. The standard InChI is InChI=1S/C13H17N3O/c1-4-9-17-13-14-11-8-6-5-7-10(11)12(15-13)16(2)3/h5-8H,4,9H2,1-3H3. The SMILES string of the molecule is CCCOc1nc(N(C)C)c2ccccc2n1. The average molecular weight is 231 g/mol. The molecule has 0 N–H and O–H groups in total. The van der Waals surface area contributed by atoms with Crippen molar-refractivity contribution < 1.29 is 4.74 Å². The number of hydrogen-bond acceptors (Lipinski definition) is 4. The van der Waals surface area contributed by atoms with Gasteiger partial charge in [0.15, 0.2) is 0 Å². The molecule has 1 aromatic heterocycles. The van der Waals surface area contributed by atoms with Crippen LogP contribution in [0.15, 0.2) is 24.3 Å². The molecule has 0 fully saturated rings. The van der Waals surface area contributed by atoms with Crippen molar-refractivity contribution in [2.75, 3.05) is 25.6 Å². The summed E-state index contributed by atoms with van der Waals surface area (Å²) in [6, 6.07) is 8.41. The van der Waals surface area contributed by atoms with Gasteiger partial charge in [-0.05, 0) is 18.6 Å². The van der Waals surface area contributed by atoms with Crippen molar-refractivity contribution >= 4 is 16.7 Å². The molecule has 0 saturated carbocycles. The van der Waals surface area contributed by atoms with Crippen molar-refractivity contribution in [3.63, 3.8) is 0 Å². The highest BCUT2D eigenvalue weighted by Gasteiger charge is 2.09. The predicted octanol–water partition coefficient (Wildman–Crippen LogP) is 2.48. The second-order valence-electron chi connectivity index (χ2n) is 4.09. The van der Waals surface area contributed by atoms with E-state index >= 15 is 0 Å². The van der Waals surface area contributed by atoms with Gasteiger partial charge in [-0.3, -0.25) is 0 Å². The molecule has 0 atom stereocenters. The van der Waals surface area contributed by atoms with E-state index in [1.807, 2.05) is 43.3 Å². The number of aromatic nitrogens is 2. The molecule has 90 valence electrons. The molecule has 0 aliphatic carbocycles. The van der Waals surface area contributed by atoms with Gasteiger partial charge in [0, 0.05) is 19.5 Å². The molecule has 2 aromatic rings. The molecule has 2 rings (SSSR count). The molecule has 1 heterocycles. The van der Waals surface area contributed by atoms with Crippen LogP contribution in [0.4, 0.5) is 5.82 Å². The quantitative estimate of drug-likeness (QED) is 0.810. The second-order valence-corrected chi connectivity index (χ2v) is 4.09. The summed E-state index contributed by atoms with van der Waals surface area (Å²) >= 11 is 0. The maximum atomic E-state index is 5.51. The number of hydrogen-bond donors (Lipinski definition) is 0. The fourth-order valence-corrected chi connectivity index (χ4v) is 1.64. The van der Waals surface area contributed by atoms with Crippen molar-refractivity contribution in [1.82, 2.24) is 9.97 Å². The van der Waals surface area contributed by atoms with Gasteiger partial charge < -0.3 is 9.64 Å². The third-order valence-electron chi connectivity index (χ3n) is 2.42. The largest absolute Gasteiger partial charge is 0.463 e. The first-order valence-corrected chi connectivity index (χ1v) is 5.79. The fourth-order valence-electron chi connectivity index (χ4n) is 1.64. The van der Waals surface area contributed by atoms with Crippen LogP contribution in [0.25, 0.3) is 10.9 Å². The Hall–Kier alpha value is -1.84. The smallest absolute Gasteiger partial charge is 0.318 e. The summed E-state index contributed by atoms with van der Waals surface area (Å²) in [6.45, 7) is 2.71. The van der Waals surface area contributed by atoms with Crippen molar-refractivity contribution in [2.45, 2.75) is 13.3 Å². The van der Waals surface area contributed by atoms with Gasteiger partial charge in [0.2, 0.25) is 0 Å². The van der Waals surface area contributed by atoms with Gasteiger partial charge in [-0.1, -0.05) is 19.1 Å². The molecular formula is C13H17N3O. The van der Waals surface area contributed by atoms with Crippen LogP contribution >= 0.6 is 0 Å². The minimum absolute atomic E-state index is 0.453. The Bertz CT molecular complexity index is 511. The van der Waals surface area contributed by atoms with E-state index in [0.717, 1.165) is 23.1 Å². The molecule has 0 spiro atoms. The van der Waals surface area contributed by atoms with Crippen LogP contribution in [0.3, 0.4) is 0 Å². The van der Waals surface area contributed by atoms with E-state index in [1.54, 1.807) is 0 Å². The molecule has 1 aromatic carbocycles. The third-order valence-corrected chi connectivity index (χ3v) is 2.42. The summed E-state index contributed by atoms with van der Waals surface area (Å²) in [6.07, 6.45) is 0.952. The van der Waals surface area contributed by atoms with E-state index in [9.17, 15) is 0 Å². The van der Waals surface area contributed by atoms with Gasteiger partial charge in [0.05, 0.1) is 12.1 Å².